The van der Waals surface area contributed by atoms with Crippen LogP contribution in [0.1, 0.15) is 142 Å². The predicted octanol–water partition coefficient (Wildman–Crippen LogP) is 8.64. The van der Waals surface area contributed by atoms with Crippen molar-refractivity contribution in [2.75, 3.05) is 5.75 Å². The van der Waals surface area contributed by atoms with Gasteiger partial charge in [0.15, 0.2) is 0 Å². The summed E-state index contributed by atoms with van der Waals surface area (Å²) in [7, 11) is -3.84. The molecule has 0 aromatic carbocycles. The number of hydrogen-bond donors (Lipinski definition) is 1. The van der Waals surface area contributed by atoms with E-state index < -0.39 is 10.1 Å². The molecule has 0 fully saturated rings. The van der Waals surface area contributed by atoms with Gasteiger partial charge >= 0.3 is 0 Å². The average molecular weight is 431 g/mol. The highest BCUT2D eigenvalue weighted by Crippen LogP contribution is 2.15. The van der Waals surface area contributed by atoms with Crippen LogP contribution in [-0.2, 0) is 10.1 Å². The van der Waals surface area contributed by atoms with E-state index in [2.05, 4.69) is 6.92 Å². The molecule has 0 heterocycles. The number of rotatable bonds is 23. The van der Waals surface area contributed by atoms with Gasteiger partial charge in [0, 0.05) is 0 Å². The fraction of sp³-hybridized carbons (Fsp3) is 0.920. The van der Waals surface area contributed by atoms with E-state index in [1.807, 2.05) is 6.08 Å². The van der Waals surface area contributed by atoms with Crippen LogP contribution < -0.4 is 0 Å². The minimum Gasteiger partial charge on any atom is -0.285 e. The monoisotopic (exact) mass is 430 g/mol. The highest BCUT2D eigenvalue weighted by atomic mass is 32.2. The molecule has 0 rings (SSSR count). The molecule has 1 N–H and O–H groups in total. The Labute approximate surface area is 182 Å². The smallest absolute Gasteiger partial charge is 0.268 e. The lowest BCUT2D eigenvalue weighted by atomic mass is 10.0. The van der Waals surface area contributed by atoms with E-state index in [1.54, 1.807) is 6.08 Å². The third-order valence-electron chi connectivity index (χ3n) is 5.70. The molecule has 0 radical (unpaired) electrons. The molecule has 0 saturated carbocycles. The van der Waals surface area contributed by atoms with Crippen molar-refractivity contribution in [1.29, 1.82) is 0 Å². The van der Waals surface area contributed by atoms with E-state index in [0.717, 1.165) is 12.8 Å². The minimum absolute atomic E-state index is 0.258. The zero-order chi connectivity index (χ0) is 21.5. The number of hydrogen-bond acceptors (Lipinski definition) is 2. The summed E-state index contributed by atoms with van der Waals surface area (Å²) in [6, 6.07) is 0. The van der Waals surface area contributed by atoms with Gasteiger partial charge in [0.2, 0.25) is 0 Å². The minimum atomic E-state index is -3.84. The van der Waals surface area contributed by atoms with Gasteiger partial charge in [-0.05, 0) is 12.8 Å². The highest BCUT2D eigenvalue weighted by molar-refractivity contribution is 7.85. The topological polar surface area (TPSA) is 54.4 Å². The molecule has 4 heteroatoms. The Morgan fingerprint density at radius 1 is 0.517 bits per heavy atom. The average Bonchev–Trinajstić information content (AvgIpc) is 2.67. The Morgan fingerprint density at radius 3 is 1.14 bits per heavy atom. The van der Waals surface area contributed by atoms with Crippen molar-refractivity contribution in [2.24, 2.45) is 0 Å². The molecule has 0 aromatic heterocycles. The maximum atomic E-state index is 10.6. The fourth-order valence-corrected chi connectivity index (χ4v) is 4.20. The van der Waals surface area contributed by atoms with Gasteiger partial charge in [-0.25, -0.2) is 0 Å². The van der Waals surface area contributed by atoms with Crippen molar-refractivity contribution in [3.05, 3.63) is 12.2 Å². The van der Waals surface area contributed by atoms with Crippen molar-refractivity contribution >= 4 is 10.1 Å². The van der Waals surface area contributed by atoms with Crippen LogP contribution in [0.15, 0.2) is 12.2 Å². The van der Waals surface area contributed by atoms with Crippen molar-refractivity contribution in [3.8, 4) is 0 Å². The second-order valence-corrected chi connectivity index (χ2v) is 10.2. The third kappa shape index (κ3) is 27.7. The van der Waals surface area contributed by atoms with E-state index in [9.17, 15) is 8.42 Å². The Morgan fingerprint density at radius 2 is 0.828 bits per heavy atom. The molecule has 0 aliphatic heterocycles. The van der Waals surface area contributed by atoms with E-state index in [-0.39, 0.29) is 5.75 Å². The summed E-state index contributed by atoms with van der Waals surface area (Å²) in [5.74, 6) is -0.258. The normalized spacial score (nSPS) is 12.2. The zero-order valence-electron chi connectivity index (χ0n) is 19.4. The quantitative estimate of drug-likeness (QED) is 0.100. The Hall–Kier alpha value is -0.350. The predicted molar refractivity (Wildman–Crippen MR) is 128 cm³/mol. The first-order chi connectivity index (χ1) is 14.1. The van der Waals surface area contributed by atoms with Crippen LogP contribution in [0.2, 0.25) is 0 Å². The second kappa shape index (κ2) is 22.3. The molecular weight excluding hydrogens is 380 g/mol. The molecule has 0 aliphatic rings. The molecule has 0 bridgehead atoms. The molecule has 0 atom stereocenters. The summed E-state index contributed by atoms with van der Waals surface area (Å²) in [6.07, 6.45) is 32.0. The zero-order valence-corrected chi connectivity index (χ0v) is 20.2. The standard InChI is InChI=1S/C25H50O3S/c1-2-3-4-5-6-7-8-9-10-11-12-13-14-15-16-17-18-19-20-21-22-23-24-25-29(26,27)28/h23-24H,2-22,25H2,1H3,(H,26,27,28)/b24-23+. The van der Waals surface area contributed by atoms with Crippen LogP contribution in [0, 0.1) is 0 Å². The Kier molecular flexibility index (Phi) is 22.1. The van der Waals surface area contributed by atoms with E-state index in [0.29, 0.717) is 0 Å². The van der Waals surface area contributed by atoms with Crippen LogP contribution in [0.25, 0.3) is 0 Å². The van der Waals surface area contributed by atoms with Crippen molar-refractivity contribution < 1.29 is 13.0 Å². The van der Waals surface area contributed by atoms with Crippen LogP contribution in [0.5, 0.6) is 0 Å². The highest BCUT2D eigenvalue weighted by Gasteiger charge is 1.98. The lowest BCUT2D eigenvalue weighted by Gasteiger charge is -2.04. The molecule has 0 spiro atoms. The maximum Gasteiger partial charge on any atom is 0.268 e. The number of allylic oxidation sites excluding steroid dienone is 1. The largest absolute Gasteiger partial charge is 0.285 e. The lowest BCUT2D eigenvalue weighted by molar-refractivity contribution is 0.486. The summed E-state index contributed by atoms with van der Waals surface area (Å²) in [6.45, 7) is 2.28. The lowest BCUT2D eigenvalue weighted by Crippen LogP contribution is -1.99. The third-order valence-corrected chi connectivity index (χ3v) is 6.31. The molecule has 0 unspecified atom stereocenters. The summed E-state index contributed by atoms with van der Waals surface area (Å²) in [4.78, 5) is 0. The molecular formula is C25H50O3S. The van der Waals surface area contributed by atoms with Gasteiger partial charge in [-0.3, -0.25) is 4.55 Å². The maximum absolute atomic E-state index is 10.6. The van der Waals surface area contributed by atoms with Crippen LogP contribution in [0.4, 0.5) is 0 Å². The Balaban J connectivity index is 3.08. The van der Waals surface area contributed by atoms with Gasteiger partial charge in [0.1, 0.15) is 0 Å². The van der Waals surface area contributed by atoms with Crippen LogP contribution in [-0.4, -0.2) is 18.7 Å². The van der Waals surface area contributed by atoms with Gasteiger partial charge < -0.3 is 0 Å². The summed E-state index contributed by atoms with van der Waals surface area (Å²) in [5.41, 5.74) is 0. The van der Waals surface area contributed by atoms with Crippen LogP contribution in [0.3, 0.4) is 0 Å². The molecule has 3 nitrogen and oxygen atoms in total. The number of unbranched alkanes of at least 4 members (excludes halogenated alkanes) is 20. The Bertz CT molecular complexity index is 443. The summed E-state index contributed by atoms with van der Waals surface area (Å²) < 4.78 is 29.7. The molecule has 0 aromatic rings. The van der Waals surface area contributed by atoms with Gasteiger partial charge in [0.05, 0.1) is 5.75 Å². The molecule has 0 aliphatic carbocycles. The first-order valence-corrected chi connectivity index (χ1v) is 14.3. The van der Waals surface area contributed by atoms with E-state index in [4.69, 9.17) is 4.55 Å². The van der Waals surface area contributed by atoms with Gasteiger partial charge in [-0.2, -0.15) is 8.42 Å². The molecule has 0 amide bonds. The summed E-state index contributed by atoms with van der Waals surface area (Å²) in [5, 5.41) is 0. The van der Waals surface area contributed by atoms with Crippen molar-refractivity contribution in [2.45, 2.75) is 142 Å². The molecule has 174 valence electrons. The first-order valence-electron chi connectivity index (χ1n) is 12.7. The summed E-state index contributed by atoms with van der Waals surface area (Å²) >= 11 is 0. The van der Waals surface area contributed by atoms with Gasteiger partial charge in [-0.15, -0.1) is 0 Å². The first kappa shape index (κ1) is 28.6. The van der Waals surface area contributed by atoms with E-state index in [1.165, 1.54) is 122 Å². The van der Waals surface area contributed by atoms with Crippen molar-refractivity contribution in [1.82, 2.24) is 0 Å². The van der Waals surface area contributed by atoms with Crippen molar-refractivity contribution in [3.63, 3.8) is 0 Å². The second-order valence-electron chi connectivity index (χ2n) is 8.73. The van der Waals surface area contributed by atoms with E-state index >= 15 is 0 Å². The fourth-order valence-electron chi connectivity index (χ4n) is 3.82. The van der Waals surface area contributed by atoms with Gasteiger partial charge in [-0.1, -0.05) is 141 Å². The van der Waals surface area contributed by atoms with Crippen LogP contribution >= 0.6 is 0 Å². The molecule has 29 heavy (non-hydrogen) atoms. The SMILES string of the molecule is CCCCCCCCCCCCCCCCCCCCCC/C=C/CS(=O)(=O)O. The van der Waals surface area contributed by atoms with Gasteiger partial charge in [0.25, 0.3) is 10.1 Å². The molecule has 0 saturated heterocycles.